The average molecular weight is 744 g/mol. The molecule has 13 heteroatoms. The first-order valence-electron chi connectivity index (χ1n) is 17.6. The number of hydrogen-bond acceptors (Lipinski definition) is 11. The minimum absolute atomic E-state index is 0. The molecule has 5 aliphatic heterocycles. The molecule has 0 aromatic heterocycles. The average Bonchev–Trinajstić information content (AvgIpc) is 3.95. The zero-order chi connectivity index (χ0) is 36.6. The van der Waals surface area contributed by atoms with Gasteiger partial charge >= 0.3 is 37.0 Å². The summed E-state index contributed by atoms with van der Waals surface area (Å²) in [5.41, 5.74) is 3.47. The van der Waals surface area contributed by atoms with Crippen LogP contribution in [0.15, 0.2) is 121 Å². The third-order valence-corrected chi connectivity index (χ3v) is 10.7. The Kier molecular flexibility index (Phi) is 11.3. The molecule has 0 bridgehead atoms. The summed E-state index contributed by atoms with van der Waals surface area (Å²) in [4.78, 5) is 59.2. The molecule has 4 aromatic rings. The van der Waals surface area contributed by atoms with E-state index in [-0.39, 0.29) is 64.7 Å². The van der Waals surface area contributed by atoms with Crippen molar-refractivity contribution in [2.24, 2.45) is 0 Å². The molecule has 5 aliphatic rings. The lowest BCUT2D eigenvalue weighted by atomic mass is 9.39. The highest BCUT2D eigenvalue weighted by molar-refractivity contribution is 6.83. The Labute approximate surface area is 320 Å². The maximum Gasteiger partial charge on any atom is 0.573 e. The summed E-state index contributed by atoms with van der Waals surface area (Å²) >= 11 is 0. The molecule has 55 heavy (non-hydrogen) atoms. The van der Waals surface area contributed by atoms with Gasteiger partial charge in [-0.1, -0.05) is 147 Å². The van der Waals surface area contributed by atoms with Gasteiger partial charge in [-0.3, -0.25) is 19.2 Å². The highest BCUT2D eigenvalue weighted by Crippen LogP contribution is 2.54. The van der Waals surface area contributed by atoms with E-state index in [2.05, 4.69) is 0 Å². The van der Waals surface area contributed by atoms with Gasteiger partial charge in [0.15, 0.2) is 0 Å². The van der Waals surface area contributed by atoms with Crippen LogP contribution in [0, 0.1) is 11.6 Å². The number of aldehydes is 1. The van der Waals surface area contributed by atoms with Crippen LogP contribution in [0.2, 0.25) is 0 Å². The van der Waals surface area contributed by atoms with Gasteiger partial charge in [0.2, 0.25) is 0 Å². The van der Waals surface area contributed by atoms with Gasteiger partial charge in [0.05, 0.1) is 0 Å². The van der Waals surface area contributed by atoms with E-state index in [0.717, 1.165) is 16.7 Å². The Bertz CT molecular complexity index is 1910. The molecule has 0 spiro atoms. The first kappa shape index (κ1) is 38.9. The second-order valence-electron chi connectivity index (χ2n) is 13.8. The van der Waals surface area contributed by atoms with Gasteiger partial charge in [-0.25, -0.2) is 0 Å². The number of carbonyl (C=O) groups is 5. The molecule has 0 saturated carbocycles. The zero-order valence-electron chi connectivity index (χ0n) is 28.5. The number of rotatable bonds is 8. The highest BCUT2D eigenvalue weighted by Gasteiger charge is 2.72. The van der Waals surface area contributed by atoms with Crippen LogP contribution in [0.1, 0.15) is 86.6 Å². The normalized spacial score (nSPS) is 22.6. The lowest BCUT2D eigenvalue weighted by Gasteiger charge is -2.36. The molecule has 5 saturated heterocycles. The molecular weight excluding hydrogens is 702 g/mol. The van der Waals surface area contributed by atoms with Crippen molar-refractivity contribution in [3.8, 4) is 0 Å². The third-order valence-electron chi connectivity index (χ3n) is 10.7. The minimum Gasteiger partial charge on any atom is -0.613 e. The van der Waals surface area contributed by atoms with Crippen molar-refractivity contribution in [2.75, 3.05) is 0 Å². The van der Waals surface area contributed by atoms with Crippen molar-refractivity contribution in [1.29, 1.82) is 0 Å². The van der Waals surface area contributed by atoms with Crippen molar-refractivity contribution in [3.05, 3.63) is 155 Å². The SMILES string of the molecule is C.C.O=C1C[C+]2CC(=O)O[B-]2([C@H](c2ccccc2)C2O[C@@H](c3ccccc3)[C@H](c3ccccc3)O2)O1.O=C[C@@H](c1ccccc1)[B-]12OC(=O)C[C+]1CC(=O)O2. The quantitative estimate of drug-likeness (QED) is 0.106. The van der Waals surface area contributed by atoms with E-state index in [9.17, 15) is 24.0 Å². The number of benzene rings is 4. The Morgan fingerprint density at radius 2 is 0.855 bits per heavy atom. The van der Waals surface area contributed by atoms with Crippen molar-refractivity contribution < 1.29 is 52.1 Å². The first-order chi connectivity index (χ1) is 25.8. The summed E-state index contributed by atoms with van der Waals surface area (Å²) in [6.07, 6.45) is -0.616. The second-order valence-corrected chi connectivity index (χ2v) is 13.8. The smallest absolute Gasteiger partial charge is 0.573 e. The number of fused-ring (bicyclic) bond motifs is 2. The number of carbonyl (C=O) groups excluding carboxylic acids is 5. The standard InChI is InChI=1S/C27H23BO6.C13H11BO5.2CH4/c29-22-16-21-17-23(30)34-28(21,33-22)24(18-10-4-1-5-11-18)27-31-25(19-12-6-2-7-13-19)26(32-27)20-14-8-3-9-15-20;15-8-11(9-4-2-1-3-5-9)14-10(6-12(16)18-14)7-13(17)19-14;;/h1-15,24-27H,16-17H2;1-5,8,11H,6-7H2;2*1H4/t24-,25+,26+;11-;;/m10../s1. The summed E-state index contributed by atoms with van der Waals surface area (Å²) in [7, 11) is 0. The largest absolute Gasteiger partial charge is 0.613 e. The molecule has 5 fully saturated rings. The fraction of sp³-hybridized carbons (Fsp3) is 0.262. The van der Waals surface area contributed by atoms with Gasteiger partial charge < -0.3 is 32.9 Å². The van der Waals surface area contributed by atoms with Crippen LogP contribution in [0.4, 0.5) is 0 Å². The first-order valence-corrected chi connectivity index (χ1v) is 17.6. The van der Waals surface area contributed by atoms with Crippen LogP contribution in [0.25, 0.3) is 0 Å². The second kappa shape index (κ2) is 15.9. The van der Waals surface area contributed by atoms with E-state index in [1.807, 2.05) is 97.1 Å². The maximum absolute atomic E-state index is 12.4. The number of ether oxygens (including phenoxy) is 2. The fourth-order valence-electron chi connectivity index (χ4n) is 8.39. The summed E-state index contributed by atoms with van der Waals surface area (Å²) in [6, 6.07) is 38.3. The van der Waals surface area contributed by atoms with E-state index < -0.39 is 43.0 Å². The Morgan fingerprint density at radius 1 is 0.509 bits per heavy atom. The van der Waals surface area contributed by atoms with Gasteiger partial charge in [0.25, 0.3) is 0 Å². The molecule has 11 nitrogen and oxygen atoms in total. The monoisotopic (exact) mass is 744 g/mol. The van der Waals surface area contributed by atoms with Crippen molar-refractivity contribution in [3.63, 3.8) is 0 Å². The molecular formula is C42H42B2O11. The van der Waals surface area contributed by atoms with Gasteiger partial charge in [0.1, 0.15) is 50.5 Å². The molecule has 4 aromatic carbocycles. The van der Waals surface area contributed by atoms with E-state index >= 15 is 0 Å². The maximum atomic E-state index is 12.4. The molecule has 4 atom stereocenters. The molecule has 5 heterocycles. The Morgan fingerprint density at radius 3 is 1.25 bits per heavy atom. The van der Waals surface area contributed by atoms with Crippen LogP contribution in [0.3, 0.4) is 0 Å². The van der Waals surface area contributed by atoms with Gasteiger partial charge in [-0.05, 0) is 11.1 Å². The topological polar surface area (TPSA) is 141 Å². The van der Waals surface area contributed by atoms with Gasteiger partial charge in [-0.15, -0.1) is 0 Å². The summed E-state index contributed by atoms with van der Waals surface area (Å²) in [6.45, 7) is -4.70. The molecule has 9 rings (SSSR count). The molecule has 0 radical (unpaired) electrons. The van der Waals surface area contributed by atoms with Crippen molar-refractivity contribution >= 4 is 43.3 Å². The van der Waals surface area contributed by atoms with E-state index in [1.54, 1.807) is 24.3 Å². The van der Waals surface area contributed by atoms with E-state index in [0.29, 0.717) is 23.5 Å². The summed E-state index contributed by atoms with van der Waals surface area (Å²) < 4.78 is 35.4. The summed E-state index contributed by atoms with van der Waals surface area (Å²) in [5.74, 6) is -1.76. The molecule has 282 valence electrons. The minimum atomic E-state index is -2.40. The lowest BCUT2D eigenvalue weighted by molar-refractivity contribution is -0.141. The molecule has 0 amide bonds. The van der Waals surface area contributed by atoms with Crippen LogP contribution in [0.5, 0.6) is 0 Å². The summed E-state index contributed by atoms with van der Waals surface area (Å²) in [5, 5.41) is 0. The van der Waals surface area contributed by atoms with Crippen LogP contribution < -0.4 is 0 Å². The predicted molar refractivity (Wildman–Crippen MR) is 203 cm³/mol. The van der Waals surface area contributed by atoms with Gasteiger partial charge in [-0.2, -0.15) is 0 Å². The molecule has 0 aliphatic carbocycles. The lowest BCUT2D eigenvalue weighted by Crippen LogP contribution is -2.52. The number of hydrogen-bond donors (Lipinski definition) is 0. The molecule has 0 N–H and O–H groups in total. The van der Waals surface area contributed by atoms with Crippen molar-refractivity contribution in [2.45, 2.75) is 70.7 Å². The van der Waals surface area contributed by atoms with Gasteiger partial charge in [0, 0.05) is 23.3 Å². The Hall–Kier alpha value is -5.78. The zero-order valence-corrected chi connectivity index (χ0v) is 28.5. The Balaban J connectivity index is 0.000000209. The van der Waals surface area contributed by atoms with Crippen molar-refractivity contribution in [1.82, 2.24) is 0 Å². The van der Waals surface area contributed by atoms with E-state index in [4.69, 9.17) is 28.1 Å². The molecule has 0 unspecified atom stereocenters. The van der Waals surface area contributed by atoms with Crippen LogP contribution >= 0.6 is 0 Å². The highest BCUT2D eigenvalue weighted by atomic mass is 16.7. The fourth-order valence-corrected chi connectivity index (χ4v) is 8.39. The third kappa shape index (κ3) is 7.13. The van der Waals surface area contributed by atoms with E-state index in [1.165, 1.54) is 0 Å². The predicted octanol–water partition coefficient (Wildman–Crippen LogP) is 6.84. The van der Waals surface area contributed by atoms with Crippen LogP contribution in [-0.4, -0.2) is 49.6 Å². The van der Waals surface area contributed by atoms with Crippen LogP contribution in [-0.2, 0) is 52.1 Å².